The van der Waals surface area contributed by atoms with Crippen molar-refractivity contribution in [3.05, 3.63) is 57.8 Å². The summed E-state index contributed by atoms with van der Waals surface area (Å²) in [6.07, 6.45) is 12.4. The fourth-order valence-corrected chi connectivity index (χ4v) is 7.34. The second-order valence-corrected chi connectivity index (χ2v) is 10.7. The van der Waals surface area contributed by atoms with Crippen molar-refractivity contribution in [3.63, 3.8) is 0 Å². The van der Waals surface area contributed by atoms with Crippen LogP contribution in [0.2, 0.25) is 0 Å². The highest BCUT2D eigenvalue weighted by molar-refractivity contribution is 7.12. The van der Waals surface area contributed by atoms with E-state index in [1.54, 1.807) is 0 Å². The van der Waals surface area contributed by atoms with Crippen LogP contribution in [0, 0.1) is 23.2 Å². The highest BCUT2D eigenvalue weighted by atomic mass is 32.1. The molecule has 0 aliphatic heterocycles. The van der Waals surface area contributed by atoms with Crippen LogP contribution in [0.5, 0.6) is 5.75 Å². The number of thiophene rings is 1. The van der Waals surface area contributed by atoms with Crippen molar-refractivity contribution in [2.75, 3.05) is 6.54 Å². The Morgan fingerprint density at radius 2 is 1.87 bits per heavy atom. The van der Waals surface area contributed by atoms with Crippen LogP contribution in [0.25, 0.3) is 6.08 Å². The van der Waals surface area contributed by atoms with Gasteiger partial charge in [-0.25, -0.2) is 0 Å². The van der Waals surface area contributed by atoms with E-state index in [4.69, 9.17) is 4.74 Å². The zero-order valence-corrected chi connectivity index (χ0v) is 18.5. The third kappa shape index (κ3) is 4.07. The normalized spacial score (nSPS) is 29.4. The van der Waals surface area contributed by atoms with Crippen LogP contribution in [0.4, 0.5) is 0 Å². The standard InChI is InChI=1S/C26H31NO2S/c1-2-5-22-6-3-4-7-23(22)29-15-21-11-24(30-16-21)25(28)27-17-26-12-18-8-19(13-26)10-20(9-18)14-26/h2-7,11,16,18-20H,8-10,12-15,17H2,1H3,(H,27,28)/b5-2+. The van der Waals surface area contributed by atoms with Crippen LogP contribution in [-0.2, 0) is 6.61 Å². The van der Waals surface area contributed by atoms with Gasteiger partial charge in [-0.3, -0.25) is 4.79 Å². The Morgan fingerprint density at radius 3 is 2.57 bits per heavy atom. The van der Waals surface area contributed by atoms with E-state index in [0.717, 1.165) is 46.1 Å². The molecule has 1 aromatic carbocycles. The fraction of sp³-hybridized carbons (Fsp3) is 0.500. The summed E-state index contributed by atoms with van der Waals surface area (Å²) in [7, 11) is 0. The molecule has 1 amide bonds. The van der Waals surface area contributed by atoms with Crippen LogP contribution in [-0.4, -0.2) is 12.5 Å². The molecular weight excluding hydrogens is 390 g/mol. The van der Waals surface area contributed by atoms with Crippen molar-refractivity contribution in [3.8, 4) is 5.75 Å². The molecule has 1 heterocycles. The summed E-state index contributed by atoms with van der Waals surface area (Å²) >= 11 is 1.52. The maximum atomic E-state index is 12.8. The molecule has 0 atom stereocenters. The van der Waals surface area contributed by atoms with Gasteiger partial charge < -0.3 is 10.1 Å². The molecule has 4 heteroatoms. The van der Waals surface area contributed by atoms with Crippen molar-refractivity contribution in [1.82, 2.24) is 5.32 Å². The molecule has 2 aromatic rings. The summed E-state index contributed by atoms with van der Waals surface area (Å²) < 4.78 is 6.02. The van der Waals surface area contributed by atoms with Gasteiger partial charge in [-0.1, -0.05) is 30.4 Å². The number of hydrogen-bond donors (Lipinski definition) is 1. The van der Waals surface area contributed by atoms with E-state index < -0.39 is 0 Å². The first-order valence-electron chi connectivity index (χ1n) is 11.3. The molecule has 4 fully saturated rings. The Bertz CT molecular complexity index is 909. The molecule has 4 saturated carbocycles. The second-order valence-electron chi connectivity index (χ2n) is 9.75. The lowest BCUT2D eigenvalue weighted by molar-refractivity contribution is -0.0503. The molecule has 3 nitrogen and oxygen atoms in total. The molecule has 4 aliphatic carbocycles. The molecule has 0 spiro atoms. The first kappa shape index (κ1) is 19.9. The average Bonchev–Trinajstić information content (AvgIpc) is 3.20. The van der Waals surface area contributed by atoms with Gasteiger partial charge in [0.05, 0.1) is 4.88 Å². The predicted molar refractivity (Wildman–Crippen MR) is 123 cm³/mol. The summed E-state index contributed by atoms with van der Waals surface area (Å²) in [4.78, 5) is 13.6. The lowest BCUT2D eigenvalue weighted by atomic mass is 9.49. The summed E-state index contributed by atoms with van der Waals surface area (Å²) in [6.45, 7) is 3.34. The number of amides is 1. The van der Waals surface area contributed by atoms with Gasteiger partial charge in [0.15, 0.2) is 0 Å². The maximum absolute atomic E-state index is 12.8. The predicted octanol–water partition coefficient (Wildman–Crippen LogP) is 6.31. The molecule has 0 unspecified atom stereocenters. The molecule has 1 aromatic heterocycles. The van der Waals surface area contributed by atoms with Crippen LogP contribution < -0.4 is 10.1 Å². The van der Waals surface area contributed by atoms with Crippen LogP contribution >= 0.6 is 11.3 Å². The SMILES string of the molecule is C/C=C/c1ccccc1OCc1csc(C(=O)NCC23CC4CC(CC(C4)C2)C3)c1. The molecule has 0 radical (unpaired) electrons. The number of hydrogen-bond acceptors (Lipinski definition) is 3. The van der Waals surface area contributed by atoms with Gasteiger partial charge in [-0.05, 0) is 86.1 Å². The van der Waals surface area contributed by atoms with Crippen LogP contribution in [0.15, 0.2) is 41.8 Å². The van der Waals surface area contributed by atoms with Crippen molar-refractivity contribution in [2.45, 2.75) is 52.1 Å². The minimum atomic E-state index is 0.0799. The number of ether oxygens (including phenoxy) is 1. The van der Waals surface area contributed by atoms with Crippen molar-refractivity contribution in [1.29, 1.82) is 0 Å². The molecule has 6 rings (SSSR count). The summed E-state index contributed by atoms with van der Waals surface area (Å²) in [5, 5.41) is 5.33. The van der Waals surface area contributed by atoms with E-state index in [9.17, 15) is 4.79 Å². The molecule has 0 saturated heterocycles. The number of para-hydroxylation sites is 1. The van der Waals surface area contributed by atoms with Gasteiger partial charge in [0.1, 0.15) is 12.4 Å². The van der Waals surface area contributed by atoms with Crippen LogP contribution in [0.3, 0.4) is 0 Å². The van der Waals surface area contributed by atoms with E-state index in [1.165, 1.54) is 49.9 Å². The number of carbonyl (C=O) groups excluding carboxylic acids is 1. The Morgan fingerprint density at radius 1 is 1.17 bits per heavy atom. The summed E-state index contributed by atoms with van der Waals surface area (Å²) in [5.41, 5.74) is 2.50. The summed E-state index contributed by atoms with van der Waals surface area (Å²) in [6, 6.07) is 10.0. The van der Waals surface area contributed by atoms with Gasteiger partial charge in [-0.2, -0.15) is 0 Å². The molecule has 4 bridgehead atoms. The quantitative estimate of drug-likeness (QED) is 0.569. The Kier molecular flexibility index (Phi) is 5.44. The van der Waals surface area contributed by atoms with E-state index in [0.29, 0.717) is 12.0 Å². The van der Waals surface area contributed by atoms with E-state index >= 15 is 0 Å². The fourth-order valence-electron chi connectivity index (χ4n) is 6.52. The Labute approximate surface area is 183 Å². The van der Waals surface area contributed by atoms with Gasteiger partial charge in [0, 0.05) is 17.7 Å². The van der Waals surface area contributed by atoms with Crippen molar-refractivity contribution >= 4 is 23.3 Å². The number of rotatable bonds is 7. The zero-order chi connectivity index (χ0) is 20.6. The minimum absolute atomic E-state index is 0.0799. The highest BCUT2D eigenvalue weighted by Crippen LogP contribution is 2.59. The van der Waals surface area contributed by atoms with E-state index in [-0.39, 0.29) is 5.91 Å². The summed E-state index contributed by atoms with van der Waals surface area (Å²) in [5.74, 6) is 3.71. The van der Waals surface area contributed by atoms with Gasteiger partial charge in [0.2, 0.25) is 0 Å². The Hall–Kier alpha value is -2.07. The smallest absolute Gasteiger partial charge is 0.261 e. The molecule has 30 heavy (non-hydrogen) atoms. The van der Waals surface area contributed by atoms with E-state index in [1.807, 2.05) is 54.8 Å². The monoisotopic (exact) mass is 421 g/mol. The first-order valence-corrected chi connectivity index (χ1v) is 12.2. The number of benzene rings is 1. The number of allylic oxidation sites excluding steroid dienone is 1. The topological polar surface area (TPSA) is 38.3 Å². The van der Waals surface area contributed by atoms with Crippen LogP contribution in [0.1, 0.15) is 66.2 Å². The first-order chi connectivity index (χ1) is 14.6. The molecule has 158 valence electrons. The molecule has 4 aliphatic rings. The molecule has 1 N–H and O–H groups in total. The van der Waals surface area contributed by atoms with Crippen molar-refractivity contribution in [2.24, 2.45) is 23.2 Å². The van der Waals surface area contributed by atoms with Gasteiger partial charge >= 0.3 is 0 Å². The van der Waals surface area contributed by atoms with E-state index in [2.05, 4.69) is 5.32 Å². The molecular formula is C26H31NO2S. The third-order valence-corrected chi connectivity index (χ3v) is 8.30. The Balaban J connectivity index is 1.17. The minimum Gasteiger partial charge on any atom is -0.488 e. The largest absolute Gasteiger partial charge is 0.488 e. The second kappa shape index (κ2) is 8.22. The highest BCUT2D eigenvalue weighted by Gasteiger charge is 2.50. The van der Waals surface area contributed by atoms with Crippen molar-refractivity contribution < 1.29 is 9.53 Å². The number of carbonyl (C=O) groups is 1. The third-order valence-electron chi connectivity index (χ3n) is 7.33. The lowest BCUT2D eigenvalue weighted by Crippen LogP contribution is -2.51. The maximum Gasteiger partial charge on any atom is 0.261 e. The number of nitrogens with one attached hydrogen (secondary N) is 1. The average molecular weight is 422 g/mol. The van der Waals surface area contributed by atoms with Gasteiger partial charge in [-0.15, -0.1) is 11.3 Å². The zero-order valence-electron chi connectivity index (χ0n) is 17.7. The lowest BCUT2D eigenvalue weighted by Gasteiger charge is -2.56. The van der Waals surface area contributed by atoms with Gasteiger partial charge in [0.25, 0.3) is 5.91 Å².